The summed E-state index contributed by atoms with van der Waals surface area (Å²) < 4.78 is 0. The van der Waals surface area contributed by atoms with Gasteiger partial charge < -0.3 is 15.6 Å². The molecule has 2 heterocycles. The topological polar surface area (TPSA) is 52.7 Å². The number of aryl methyl sites for hydroxylation is 1. The first-order chi connectivity index (χ1) is 9.80. The molecule has 2 rings (SSSR count). The van der Waals surface area contributed by atoms with E-state index in [0.29, 0.717) is 0 Å². The van der Waals surface area contributed by atoms with E-state index in [1.54, 1.807) is 0 Å². The zero-order valence-electron chi connectivity index (χ0n) is 12.8. The van der Waals surface area contributed by atoms with E-state index in [1.807, 2.05) is 6.20 Å². The van der Waals surface area contributed by atoms with E-state index < -0.39 is 0 Å². The maximum absolute atomic E-state index is 4.60. The second kappa shape index (κ2) is 7.17. The minimum atomic E-state index is 0.956. The molecule has 0 spiro atoms. The van der Waals surface area contributed by atoms with Crippen LogP contribution < -0.4 is 10.6 Å². The zero-order valence-corrected chi connectivity index (χ0v) is 12.8. The van der Waals surface area contributed by atoms with Gasteiger partial charge in [-0.05, 0) is 30.9 Å². The van der Waals surface area contributed by atoms with E-state index >= 15 is 0 Å². The summed E-state index contributed by atoms with van der Waals surface area (Å²) in [5, 5.41) is 8.04. The van der Waals surface area contributed by atoms with E-state index in [-0.39, 0.29) is 0 Å². The van der Waals surface area contributed by atoms with Crippen LogP contribution in [-0.2, 0) is 6.42 Å². The fourth-order valence-corrected chi connectivity index (χ4v) is 2.37. The molecule has 0 atom stereocenters. The van der Waals surface area contributed by atoms with Gasteiger partial charge in [0.25, 0.3) is 0 Å². The molecule has 4 nitrogen and oxygen atoms in total. The van der Waals surface area contributed by atoms with Crippen LogP contribution >= 0.6 is 0 Å². The molecule has 2 aromatic heterocycles. The van der Waals surface area contributed by atoms with Crippen molar-refractivity contribution >= 4 is 22.5 Å². The fraction of sp³-hybridized carbons (Fsp3) is 0.562. The Balaban J connectivity index is 2.38. The monoisotopic (exact) mass is 274 g/mol. The van der Waals surface area contributed by atoms with Crippen LogP contribution in [-0.4, -0.2) is 23.1 Å². The molecule has 0 aromatic carbocycles. The van der Waals surface area contributed by atoms with Gasteiger partial charge in [0.2, 0.25) is 0 Å². The fourth-order valence-electron chi connectivity index (χ4n) is 2.37. The van der Waals surface area contributed by atoms with E-state index in [2.05, 4.69) is 47.4 Å². The van der Waals surface area contributed by atoms with Crippen molar-refractivity contribution in [2.45, 2.75) is 46.5 Å². The van der Waals surface area contributed by atoms with Gasteiger partial charge in [-0.3, -0.25) is 0 Å². The number of hydrogen-bond donors (Lipinski definition) is 3. The number of anilines is 2. The molecule has 0 aliphatic carbocycles. The second-order valence-corrected chi connectivity index (χ2v) is 5.21. The molecule has 0 unspecified atom stereocenters. The lowest BCUT2D eigenvalue weighted by atomic mass is 10.1. The van der Waals surface area contributed by atoms with Crippen molar-refractivity contribution in [3.8, 4) is 0 Å². The average Bonchev–Trinajstić information content (AvgIpc) is 2.89. The highest BCUT2D eigenvalue weighted by Crippen LogP contribution is 2.28. The van der Waals surface area contributed by atoms with Crippen molar-refractivity contribution < 1.29 is 0 Å². The first kappa shape index (κ1) is 14.7. The smallest absolute Gasteiger partial charge is 0.135 e. The lowest BCUT2D eigenvalue weighted by molar-refractivity contribution is 0.917. The Labute approximate surface area is 121 Å². The van der Waals surface area contributed by atoms with Gasteiger partial charge in [0.15, 0.2) is 0 Å². The SMILES string of the molecule is CCCNc1cc2c(NCCC)ncc(CCC)c2[nH]1. The highest BCUT2D eigenvalue weighted by atomic mass is 15.0. The van der Waals surface area contributed by atoms with Crippen LogP contribution in [0.15, 0.2) is 12.3 Å². The molecule has 0 amide bonds. The van der Waals surface area contributed by atoms with Crippen LogP contribution in [0.3, 0.4) is 0 Å². The van der Waals surface area contributed by atoms with Crippen molar-refractivity contribution in [2.75, 3.05) is 23.7 Å². The molecule has 0 aliphatic rings. The van der Waals surface area contributed by atoms with Crippen LogP contribution in [0.2, 0.25) is 0 Å². The highest BCUT2D eigenvalue weighted by molar-refractivity contribution is 5.94. The first-order valence-electron chi connectivity index (χ1n) is 7.78. The van der Waals surface area contributed by atoms with Crippen LogP contribution in [0.5, 0.6) is 0 Å². The van der Waals surface area contributed by atoms with E-state index in [9.17, 15) is 0 Å². The summed E-state index contributed by atoms with van der Waals surface area (Å²) in [6, 6.07) is 2.18. The van der Waals surface area contributed by atoms with Crippen LogP contribution in [0.25, 0.3) is 10.9 Å². The minimum Gasteiger partial charge on any atom is -0.372 e. The normalized spacial score (nSPS) is 10.9. The lowest BCUT2D eigenvalue weighted by Gasteiger charge is -2.07. The Morgan fingerprint density at radius 3 is 2.50 bits per heavy atom. The van der Waals surface area contributed by atoms with Gasteiger partial charge in [-0.25, -0.2) is 4.98 Å². The second-order valence-electron chi connectivity index (χ2n) is 5.21. The number of hydrogen-bond acceptors (Lipinski definition) is 3. The summed E-state index contributed by atoms with van der Waals surface area (Å²) in [5.41, 5.74) is 2.52. The molecule has 0 saturated heterocycles. The van der Waals surface area contributed by atoms with Gasteiger partial charge in [-0.1, -0.05) is 27.2 Å². The van der Waals surface area contributed by atoms with Crippen molar-refractivity contribution in [3.63, 3.8) is 0 Å². The molecule has 3 N–H and O–H groups in total. The summed E-state index contributed by atoms with van der Waals surface area (Å²) in [5.74, 6) is 2.08. The van der Waals surface area contributed by atoms with Crippen molar-refractivity contribution in [1.82, 2.24) is 9.97 Å². The lowest BCUT2D eigenvalue weighted by Crippen LogP contribution is -2.03. The van der Waals surface area contributed by atoms with Gasteiger partial charge in [0, 0.05) is 24.7 Å². The number of aromatic amines is 1. The van der Waals surface area contributed by atoms with Gasteiger partial charge in [0.05, 0.1) is 5.52 Å². The highest BCUT2D eigenvalue weighted by Gasteiger charge is 2.10. The van der Waals surface area contributed by atoms with E-state index in [0.717, 1.165) is 50.4 Å². The van der Waals surface area contributed by atoms with E-state index in [4.69, 9.17) is 0 Å². The van der Waals surface area contributed by atoms with Gasteiger partial charge in [0.1, 0.15) is 11.6 Å². The maximum atomic E-state index is 4.60. The van der Waals surface area contributed by atoms with Crippen LogP contribution in [0, 0.1) is 0 Å². The zero-order chi connectivity index (χ0) is 14.4. The number of fused-ring (bicyclic) bond motifs is 1. The number of rotatable bonds is 8. The molecule has 2 aromatic rings. The molecule has 0 aliphatic heterocycles. The Bertz CT molecular complexity index is 545. The molecular formula is C16H26N4. The third-order valence-electron chi connectivity index (χ3n) is 3.37. The van der Waals surface area contributed by atoms with Crippen LogP contribution in [0.1, 0.15) is 45.6 Å². The average molecular weight is 274 g/mol. The predicted molar refractivity (Wildman–Crippen MR) is 87.7 cm³/mol. The Kier molecular flexibility index (Phi) is 5.27. The van der Waals surface area contributed by atoms with Gasteiger partial charge in [-0.2, -0.15) is 0 Å². The Morgan fingerprint density at radius 2 is 1.80 bits per heavy atom. The molecule has 110 valence electrons. The largest absolute Gasteiger partial charge is 0.372 e. The summed E-state index contributed by atoms with van der Waals surface area (Å²) >= 11 is 0. The Morgan fingerprint density at radius 1 is 1.05 bits per heavy atom. The maximum Gasteiger partial charge on any atom is 0.135 e. The number of nitrogens with one attached hydrogen (secondary N) is 3. The Hall–Kier alpha value is -1.71. The standard InChI is InChI=1S/C16H26N4/c1-4-7-12-11-19-16(18-9-6-3)13-10-14(17-8-5-2)20-15(12)13/h10-11,17,20H,4-9H2,1-3H3,(H,18,19). The quantitative estimate of drug-likeness (QED) is 0.677. The summed E-state index contributed by atoms with van der Waals surface area (Å²) in [6.45, 7) is 8.49. The molecule has 4 heteroatoms. The molecular weight excluding hydrogens is 248 g/mol. The number of H-pyrrole nitrogens is 1. The number of pyridine rings is 1. The third kappa shape index (κ3) is 3.24. The summed E-state index contributed by atoms with van der Waals surface area (Å²) in [6.07, 6.45) is 6.42. The number of nitrogens with zero attached hydrogens (tertiary/aromatic N) is 1. The van der Waals surface area contributed by atoms with Crippen molar-refractivity contribution in [1.29, 1.82) is 0 Å². The molecule has 0 saturated carbocycles. The minimum absolute atomic E-state index is 0.956. The molecule has 0 fully saturated rings. The van der Waals surface area contributed by atoms with Gasteiger partial charge in [-0.15, -0.1) is 0 Å². The van der Waals surface area contributed by atoms with Crippen molar-refractivity contribution in [3.05, 3.63) is 17.8 Å². The third-order valence-corrected chi connectivity index (χ3v) is 3.37. The molecule has 0 bridgehead atoms. The van der Waals surface area contributed by atoms with Crippen molar-refractivity contribution in [2.24, 2.45) is 0 Å². The first-order valence-corrected chi connectivity index (χ1v) is 7.78. The molecule has 0 radical (unpaired) electrons. The van der Waals surface area contributed by atoms with Gasteiger partial charge >= 0.3 is 0 Å². The number of aromatic nitrogens is 2. The predicted octanol–water partition coefficient (Wildman–Crippen LogP) is 4.16. The van der Waals surface area contributed by atoms with E-state index in [1.165, 1.54) is 16.5 Å². The summed E-state index contributed by atoms with van der Waals surface area (Å²) in [7, 11) is 0. The van der Waals surface area contributed by atoms with Crippen LogP contribution in [0.4, 0.5) is 11.6 Å². The molecule has 20 heavy (non-hydrogen) atoms. The summed E-state index contributed by atoms with van der Waals surface area (Å²) in [4.78, 5) is 8.11.